The number of hydrogen-bond acceptors (Lipinski definition) is 3. The first-order valence-electron chi connectivity index (χ1n) is 10.0. The Morgan fingerprint density at radius 1 is 0.897 bits per heavy atom. The van der Waals surface area contributed by atoms with Crippen molar-refractivity contribution in [1.29, 1.82) is 0 Å². The zero-order valence-corrected chi connectivity index (χ0v) is 16.8. The van der Waals surface area contributed by atoms with E-state index in [0.717, 1.165) is 11.4 Å². The van der Waals surface area contributed by atoms with E-state index in [4.69, 9.17) is 4.74 Å². The fourth-order valence-electron chi connectivity index (χ4n) is 3.56. The zero-order valence-electron chi connectivity index (χ0n) is 16.8. The third-order valence-electron chi connectivity index (χ3n) is 5.05. The van der Waals surface area contributed by atoms with Gasteiger partial charge in [0.15, 0.2) is 0 Å². The van der Waals surface area contributed by atoms with E-state index in [-0.39, 0.29) is 35.6 Å². The van der Waals surface area contributed by atoms with Crippen molar-refractivity contribution < 1.29 is 18.7 Å². The molecule has 2 amide bonds. The molecule has 0 unspecified atom stereocenters. The third-order valence-corrected chi connectivity index (χ3v) is 5.05. The number of benzene rings is 2. The Labute approximate surface area is 170 Å². The maximum Gasteiger partial charge on any atom is 0.227 e. The molecule has 0 radical (unpaired) electrons. The predicted octanol–water partition coefficient (Wildman–Crippen LogP) is 5.00. The number of hydrogen-bond donors (Lipinski definition) is 2. The summed E-state index contributed by atoms with van der Waals surface area (Å²) in [5.41, 5.74) is 1.19. The molecule has 3 rings (SSSR count). The number of ether oxygens (including phenoxy) is 1. The molecule has 29 heavy (non-hydrogen) atoms. The second-order valence-corrected chi connectivity index (χ2v) is 7.73. The first-order chi connectivity index (χ1) is 13.9. The molecule has 1 aliphatic carbocycles. The van der Waals surface area contributed by atoms with Gasteiger partial charge in [-0.15, -0.1) is 0 Å². The largest absolute Gasteiger partial charge is 0.491 e. The van der Waals surface area contributed by atoms with Gasteiger partial charge in [0.1, 0.15) is 11.6 Å². The molecule has 2 N–H and O–H groups in total. The molecule has 1 fully saturated rings. The second kappa shape index (κ2) is 9.54. The van der Waals surface area contributed by atoms with E-state index in [1.54, 1.807) is 12.1 Å². The van der Waals surface area contributed by atoms with Gasteiger partial charge in [0.2, 0.25) is 11.8 Å². The maximum absolute atomic E-state index is 13.3. The van der Waals surface area contributed by atoms with E-state index >= 15 is 0 Å². The summed E-state index contributed by atoms with van der Waals surface area (Å²) < 4.78 is 18.9. The van der Waals surface area contributed by atoms with Crippen LogP contribution in [0.15, 0.2) is 48.5 Å². The number of halogens is 1. The summed E-state index contributed by atoms with van der Waals surface area (Å²) in [6.07, 6.45) is 2.69. The van der Waals surface area contributed by atoms with Crippen molar-refractivity contribution in [1.82, 2.24) is 0 Å². The Morgan fingerprint density at radius 2 is 1.45 bits per heavy atom. The van der Waals surface area contributed by atoms with Crippen LogP contribution in [0.4, 0.5) is 15.8 Å². The minimum atomic E-state index is -0.382. The van der Waals surface area contributed by atoms with Gasteiger partial charge >= 0.3 is 0 Å². The van der Waals surface area contributed by atoms with Crippen LogP contribution in [0.3, 0.4) is 0 Å². The molecule has 0 aromatic heterocycles. The Kier molecular flexibility index (Phi) is 6.86. The highest BCUT2D eigenvalue weighted by atomic mass is 19.1. The molecule has 0 heterocycles. The lowest BCUT2D eigenvalue weighted by Gasteiger charge is -2.27. The third kappa shape index (κ3) is 6.04. The number of amides is 2. The van der Waals surface area contributed by atoms with Crippen molar-refractivity contribution in [2.24, 2.45) is 11.8 Å². The minimum absolute atomic E-state index is 0.0217. The van der Waals surface area contributed by atoms with Crippen LogP contribution < -0.4 is 15.4 Å². The molecule has 5 nitrogen and oxygen atoms in total. The van der Waals surface area contributed by atoms with Gasteiger partial charge in [0, 0.05) is 23.2 Å². The molecule has 0 bridgehead atoms. The topological polar surface area (TPSA) is 67.4 Å². The normalized spacial score (nSPS) is 18.9. The molecule has 0 saturated heterocycles. The molecular weight excluding hydrogens is 371 g/mol. The maximum atomic E-state index is 13.3. The SMILES string of the molecule is CC(C)Oc1ccc(NC(=O)C2CCC(C(=O)Nc3cccc(F)c3)CC2)cc1. The zero-order chi connectivity index (χ0) is 20.8. The van der Waals surface area contributed by atoms with E-state index in [1.165, 1.54) is 12.1 Å². The van der Waals surface area contributed by atoms with Crippen LogP contribution in [0.25, 0.3) is 0 Å². The Hall–Kier alpha value is -2.89. The van der Waals surface area contributed by atoms with Gasteiger partial charge in [-0.05, 0) is 82.0 Å². The molecule has 1 saturated carbocycles. The summed E-state index contributed by atoms with van der Waals surface area (Å²) in [6, 6.07) is 13.2. The van der Waals surface area contributed by atoms with Crippen LogP contribution in [-0.2, 0) is 9.59 Å². The first kappa shape index (κ1) is 20.8. The van der Waals surface area contributed by atoms with E-state index in [1.807, 2.05) is 38.1 Å². The van der Waals surface area contributed by atoms with Gasteiger partial charge in [0.25, 0.3) is 0 Å². The highest BCUT2D eigenvalue weighted by Gasteiger charge is 2.30. The number of nitrogens with one attached hydrogen (secondary N) is 2. The van der Waals surface area contributed by atoms with Crippen LogP contribution in [0.1, 0.15) is 39.5 Å². The van der Waals surface area contributed by atoms with Crippen LogP contribution in [0, 0.1) is 17.7 Å². The van der Waals surface area contributed by atoms with Crippen LogP contribution >= 0.6 is 0 Å². The van der Waals surface area contributed by atoms with Gasteiger partial charge in [-0.2, -0.15) is 0 Å². The second-order valence-electron chi connectivity index (χ2n) is 7.73. The van der Waals surface area contributed by atoms with Crippen molar-refractivity contribution in [3.8, 4) is 5.75 Å². The summed E-state index contributed by atoms with van der Waals surface area (Å²) in [6.45, 7) is 3.93. The molecule has 2 aromatic rings. The minimum Gasteiger partial charge on any atom is -0.491 e. The smallest absolute Gasteiger partial charge is 0.227 e. The predicted molar refractivity (Wildman–Crippen MR) is 111 cm³/mol. The average Bonchev–Trinajstić information content (AvgIpc) is 2.69. The van der Waals surface area contributed by atoms with E-state index in [0.29, 0.717) is 31.4 Å². The highest BCUT2D eigenvalue weighted by Crippen LogP contribution is 2.31. The van der Waals surface area contributed by atoms with Crippen LogP contribution in [0.2, 0.25) is 0 Å². The fourth-order valence-corrected chi connectivity index (χ4v) is 3.56. The van der Waals surface area contributed by atoms with Crippen molar-refractivity contribution in [3.63, 3.8) is 0 Å². The quantitative estimate of drug-likeness (QED) is 0.720. The lowest BCUT2D eigenvalue weighted by Crippen LogP contribution is -2.32. The van der Waals surface area contributed by atoms with Crippen molar-refractivity contribution in [2.75, 3.05) is 10.6 Å². The van der Waals surface area contributed by atoms with Crippen LogP contribution in [-0.4, -0.2) is 17.9 Å². The Morgan fingerprint density at radius 3 is 1.97 bits per heavy atom. The van der Waals surface area contributed by atoms with Gasteiger partial charge < -0.3 is 15.4 Å². The summed E-state index contributed by atoms with van der Waals surface area (Å²) in [4.78, 5) is 25.0. The van der Waals surface area contributed by atoms with Gasteiger partial charge in [-0.3, -0.25) is 9.59 Å². The molecule has 0 atom stereocenters. The summed E-state index contributed by atoms with van der Waals surface area (Å²) in [5.74, 6) is -0.0221. The Balaban J connectivity index is 1.47. The van der Waals surface area contributed by atoms with Crippen molar-refractivity contribution in [2.45, 2.75) is 45.6 Å². The van der Waals surface area contributed by atoms with E-state index < -0.39 is 0 Å². The standard InChI is InChI=1S/C23H27FN2O3/c1-15(2)29-21-12-10-19(11-13-21)25-22(27)16-6-8-17(9-7-16)23(28)26-20-5-3-4-18(24)14-20/h3-5,10-17H,6-9H2,1-2H3,(H,25,27)(H,26,28). The van der Waals surface area contributed by atoms with E-state index in [9.17, 15) is 14.0 Å². The molecule has 0 aliphatic heterocycles. The lowest BCUT2D eigenvalue weighted by atomic mass is 9.81. The van der Waals surface area contributed by atoms with Crippen molar-refractivity contribution >= 4 is 23.2 Å². The molecule has 2 aromatic carbocycles. The first-order valence-corrected chi connectivity index (χ1v) is 10.0. The van der Waals surface area contributed by atoms with Gasteiger partial charge in [-0.25, -0.2) is 4.39 Å². The molecule has 154 valence electrons. The number of carbonyl (C=O) groups is 2. The Bertz CT molecular complexity index is 843. The monoisotopic (exact) mass is 398 g/mol. The number of anilines is 2. The number of carbonyl (C=O) groups excluding carboxylic acids is 2. The summed E-state index contributed by atoms with van der Waals surface area (Å²) >= 11 is 0. The molecule has 1 aliphatic rings. The average molecular weight is 398 g/mol. The highest BCUT2D eigenvalue weighted by molar-refractivity contribution is 5.94. The van der Waals surface area contributed by atoms with Crippen molar-refractivity contribution in [3.05, 3.63) is 54.3 Å². The molecule has 6 heteroatoms. The summed E-state index contributed by atoms with van der Waals surface area (Å²) in [5, 5.41) is 5.71. The molecular formula is C23H27FN2O3. The van der Waals surface area contributed by atoms with E-state index in [2.05, 4.69) is 10.6 Å². The fraction of sp³-hybridized carbons (Fsp3) is 0.391. The number of rotatable bonds is 6. The van der Waals surface area contributed by atoms with Crippen LogP contribution in [0.5, 0.6) is 5.75 Å². The summed E-state index contributed by atoms with van der Waals surface area (Å²) in [7, 11) is 0. The molecule has 0 spiro atoms. The lowest BCUT2D eigenvalue weighted by molar-refractivity contribution is -0.125. The van der Waals surface area contributed by atoms with Gasteiger partial charge in [0.05, 0.1) is 6.10 Å². The van der Waals surface area contributed by atoms with Gasteiger partial charge in [-0.1, -0.05) is 6.07 Å².